The first kappa shape index (κ1) is 8.91. The minimum Gasteiger partial charge on any atom is -0.241 e. The molecule has 13 heavy (non-hydrogen) atoms. The zero-order valence-corrected chi connectivity index (χ0v) is 9.22. The zero-order chi connectivity index (χ0) is 9.42. The first-order chi connectivity index (χ1) is 6.18. The molecule has 2 nitrogen and oxygen atoms in total. The van der Waals surface area contributed by atoms with Crippen LogP contribution in [-0.4, -0.2) is 9.97 Å². The maximum absolute atomic E-state index is 6.01. The molecule has 0 N–H and O–H groups in total. The van der Waals surface area contributed by atoms with Crippen LogP contribution < -0.4 is 0 Å². The fourth-order valence-corrected chi connectivity index (χ4v) is 2.07. The van der Waals surface area contributed by atoms with E-state index in [0.29, 0.717) is 5.02 Å². The summed E-state index contributed by atoms with van der Waals surface area (Å²) >= 11 is 9.39. The molecular weight excluding hydrogens is 251 g/mol. The summed E-state index contributed by atoms with van der Waals surface area (Å²) in [4.78, 5) is 8.22. The number of hydrogen-bond donors (Lipinski definition) is 0. The summed E-state index contributed by atoms with van der Waals surface area (Å²) in [6, 6.07) is 3.80. The molecule has 0 unspecified atom stereocenters. The van der Waals surface area contributed by atoms with Crippen molar-refractivity contribution in [3.63, 3.8) is 0 Å². The van der Waals surface area contributed by atoms with E-state index in [1.54, 1.807) is 0 Å². The molecule has 1 aromatic heterocycles. The molecule has 0 fully saturated rings. The van der Waals surface area contributed by atoms with Crippen LogP contribution in [0.3, 0.4) is 0 Å². The summed E-state index contributed by atoms with van der Waals surface area (Å²) in [6.07, 6.45) is 1.53. The van der Waals surface area contributed by atoms with Crippen molar-refractivity contribution in [3.8, 4) is 0 Å². The Labute approximate surface area is 89.1 Å². The summed E-state index contributed by atoms with van der Waals surface area (Å²) in [5, 5.41) is 1.64. The summed E-state index contributed by atoms with van der Waals surface area (Å²) in [5.74, 6) is 0. The molecule has 66 valence electrons. The van der Waals surface area contributed by atoms with Crippen molar-refractivity contribution in [3.05, 3.63) is 33.6 Å². The van der Waals surface area contributed by atoms with Gasteiger partial charge in [-0.25, -0.2) is 9.97 Å². The number of aromatic nitrogens is 2. The normalized spacial score (nSPS) is 10.7. The van der Waals surface area contributed by atoms with Crippen LogP contribution in [-0.2, 0) is 0 Å². The Hall–Kier alpha value is -0.670. The van der Waals surface area contributed by atoms with Gasteiger partial charge in [-0.2, -0.15) is 0 Å². The zero-order valence-electron chi connectivity index (χ0n) is 6.88. The Balaban J connectivity index is 2.94. The Kier molecular flexibility index (Phi) is 2.22. The highest BCUT2D eigenvalue weighted by atomic mass is 79.9. The van der Waals surface area contributed by atoms with Gasteiger partial charge in [0.15, 0.2) is 0 Å². The van der Waals surface area contributed by atoms with E-state index >= 15 is 0 Å². The van der Waals surface area contributed by atoms with Gasteiger partial charge in [0, 0.05) is 15.6 Å². The lowest BCUT2D eigenvalue weighted by Crippen LogP contribution is -1.87. The number of halogens is 2. The van der Waals surface area contributed by atoms with E-state index in [9.17, 15) is 0 Å². The fraction of sp³-hybridized carbons (Fsp3) is 0.111. The van der Waals surface area contributed by atoms with Crippen LogP contribution in [0.2, 0.25) is 5.02 Å². The number of benzene rings is 1. The molecule has 0 amide bonds. The van der Waals surface area contributed by atoms with Crippen molar-refractivity contribution >= 4 is 38.4 Å². The molecule has 0 saturated heterocycles. The Morgan fingerprint density at radius 1 is 1.31 bits per heavy atom. The maximum Gasteiger partial charge on any atom is 0.116 e. The molecule has 0 aliphatic carbocycles. The number of hydrogen-bond acceptors (Lipinski definition) is 2. The lowest BCUT2D eigenvalue weighted by Gasteiger charge is -2.02. The van der Waals surface area contributed by atoms with E-state index in [1.165, 1.54) is 6.33 Å². The van der Waals surface area contributed by atoms with Crippen LogP contribution in [0.1, 0.15) is 5.69 Å². The predicted molar refractivity (Wildman–Crippen MR) is 57.0 cm³/mol. The number of fused-ring (bicyclic) bond motifs is 1. The minimum atomic E-state index is 0.648. The van der Waals surface area contributed by atoms with Crippen LogP contribution in [0, 0.1) is 6.92 Å². The van der Waals surface area contributed by atoms with Gasteiger partial charge in [-0.05, 0) is 19.1 Å². The summed E-state index contributed by atoms with van der Waals surface area (Å²) < 4.78 is 0.947. The van der Waals surface area contributed by atoms with Crippen molar-refractivity contribution in [1.82, 2.24) is 9.97 Å². The predicted octanol–water partition coefficient (Wildman–Crippen LogP) is 3.35. The molecule has 0 saturated carbocycles. The second-order valence-corrected chi connectivity index (χ2v) is 4.07. The van der Waals surface area contributed by atoms with Gasteiger partial charge in [0.1, 0.15) is 6.33 Å². The average molecular weight is 258 g/mol. The van der Waals surface area contributed by atoms with E-state index in [-0.39, 0.29) is 0 Å². The molecule has 0 atom stereocenters. The van der Waals surface area contributed by atoms with Gasteiger partial charge in [-0.3, -0.25) is 0 Å². The van der Waals surface area contributed by atoms with E-state index in [4.69, 9.17) is 11.6 Å². The van der Waals surface area contributed by atoms with Crippen molar-refractivity contribution in [2.24, 2.45) is 0 Å². The van der Waals surface area contributed by atoms with Crippen LogP contribution >= 0.6 is 27.5 Å². The highest BCUT2D eigenvalue weighted by Gasteiger charge is 2.04. The second-order valence-electron chi connectivity index (χ2n) is 2.74. The van der Waals surface area contributed by atoms with Crippen molar-refractivity contribution in [2.45, 2.75) is 6.92 Å². The lowest BCUT2D eigenvalue weighted by atomic mass is 10.2. The van der Waals surface area contributed by atoms with Gasteiger partial charge in [-0.1, -0.05) is 27.5 Å². The Bertz CT molecular complexity index is 470. The van der Waals surface area contributed by atoms with Gasteiger partial charge in [0.25, 0.3) is 0 Å². The van der Waals surface area contributed by atoms with Crippen LogP contribution in [0.25, 0.3) is 10.9 Å². The molecule has 0 bridgehead atoms. The standard InChI is InChI=1S/C9H6BrClN2/c1-5-7-2-6(10)3-8(11)9(7)13-4-12-5/h2-4H,1H3. The van der Waals surface area contributed by atoms with Crippen molar-refractivity contribution < 1.29 is 0 Å². The molecular formula is C9H6BrClN2. The number of rotatable bonds is 0. The maximum atomic E-state index is 6.01. The number of aryl methyl sites for hydroxylation is 1. The van der Waals surface area contributed by atoms with Gasteiger partial charge in [0.2, 0.25) is 0 Å². The van der Waals surface area contributed by atoms with Gasteiger partial charge in [-0.15, -0.1) is 0 Å². The smallest absolute Gasteiger partial charge is 0.116 e. The third-order valence-corrected chi connectivity index (χ3v) is 2.60. The topological polar surface area (TPSA) is 25.8 Å². The third-order valence-electron chi connectivity index (χ3n) is 1.86. The molecule has 0 aliphatic heterocycles. The monoisotopic (exact) mass is 256 g/mol. The van der Waals surface area contributed by atoms with E-state index < -0.39 is 0 Å². The lowest BCUT2D eigenvalue weighted by molar-refractivity contribution is 1.15. The van der Waals surface area contributed by atoms with Gasteiger partial charge >= 0.3 is 0 Å². The molecule has 0 aliphatic rings. The molecule has 0 radical (unpaired) electrons. The summed E-state index contributed by atoms with van der Waals surface area (Å²) in [6.45, 7) is 1.94. The first-order valence-corrected chi connectivity index (χ1v) is 4.92. The molecule has 2 aromatic rings. The molecule has 1 aromatic carbocycles. The largest absolute Gasteiger partial charge is 0.241 e. The van der Waals surface area contributed by atoms with Crippen molar-refractivity contribution in [1.29, 1.82) is 0 Å². The number of nitrogens with zero attached hydrogens (tertiary/aromatic N) is 2. The molecule has 1 heterocycles. The first-order valence-electron chi connectivity index (χ1n) is 3.75. The highest BCUT2D eigenvalue weighted by molar-refractivity contribution is 9.10. The Morgan fingerprint density at radius 3 is 2.85 bits per heavy atom. The quantitative estimate of drug-likeness (QED) is 0.723. The van der Waals surface area contributed by atoms with Gasteiger partial charge in [0.05, 0.1) is 10.5 Å². The average Bonchev–Trinajstić information content (AvgIpc) is 2.07. The second kappa shape index (κ2) is 3.24. The van der Waals surface area contributed by atoms with Crippen LogP contribution in [0.4, 0.5) is 0 Å². The molecule has 2 rings (SSSR count). The summed E-state index contributed by atoms with van der Waals surface area (Å²) in [5.41, 5.74) is 1.74. The molecule has 0 spiro atoms. The van der Waals surface area contributed by atoms with Crippen LogP contribution in [0.5, 0.6) is 0 Å². The van der Waals surface area contributed by atoms with E-state index in [0.717, 1.165) is 21.1 Å². The molecule has 4 heteroatoms. The fourth-order valence-electron chi connectivity index (χ4n) is 1.22. The summed E-state index contributed by atoms with van der Waals surface area (Å²) in [7, 11) is 0. The van der Waals surface area contributed by atoms with Crippen LogP contribution in [0.15, 0.2) is 22.9 Å². The SMILES string of the molecule is Cc1ncnc2c(Cl)cc(Br)cc12. The van der Waals surface area contributed by atoms with E-state index in [2.05, 4.69) is 25.9 Å². The Morgan fingerprint density at radius 2 is 2.08 bits per heavy atom. The third kappa shape index (κ3) is 1.54. The van der Waals surface area contributed by atoms with Crippen molar-refractivity contribution in [2.75, 3.05) is 0 Å². The highest BCUT2D eigenvalue weighted by Crippen LogP contribution is 2.27. The minimum absolute atomic E-state index is 0.648. The van der Waals surface area contributed by atoms with Gasteiger partial charge < -0.3 is 0 Å². The van der Waals surface area contributed by atoms with E-state index in [1.807, 2.05) is 19.1 Å².